The summed E-state index contributed by atoms with van der Waals surface area (Å²) in [7, 11) is 0. The molecule has 0 saturated carbocycles. The smallest absolute Gasteiger partial charge is 0.236 e. The fourth-order valence-electron chi connectivity index (χ4n) is 3.10. The SMILES string of the molecule is O=C(CSc1nc2ccccc2s1)Nc1nc(-c2cccc3ccccc23)cs1. The number of hydrogen-bond donors (Lipinski definition) is 1. The molecule has 0 unspecified atom stereocenters. The van der Waals surface area contributed by atoms with Gasteiger partial charge in [0.25, 0.3) is 0 Å². The van der Waals surface area contributed by atoms with Crippen LogP contribution in [0.1, 0.15) is 0 Å². The second kappa shape index (κ2) is 7.94. The fraction of sp³-hybridized carbons (Fsp3) is 0.0455. The lowest BCUT2D eigenvalue weighted by Gasteiger charge is -2.03. The van der Waals surface area contributed by atoms with Crippen LogP contribution in [0.2, 0.25) is 0 Å². The van der Waals surface area contributed by atoms with Gasteiger partial charge in [-0.1, -0.05) is 66.4 Å². The number of hydrogen-bond acceptors (Lipinski definition) is 6. The molecule has 2 aromatic heterocycles. The van der Waals surface area contributed by atoms with Gasteiger partial charge in [0.05, 0.1) is 21.7 Å². The normalized spacial score (nSPS) is 11.2. The predicted octanol–water partition coefficient (Wildman–Crippen LogP) is 6.30. The third-order valence-corrected chi connectivity index (χ3v) is 7.35. The van der Waals surface area contributed by atoms with Gasteiger partial charge in [0.1, 0.15) is 0 Å². The van der Waals surface area contributed by atoms with E-state index in [0.29, 0.717) is 10.9 Å². The molecule has 5 aromatic rings. The first-order valence-electron chi connectivity index (χ1n) is 8.98. The summed E-state index contributed by atoms with van der Waals surface area (Å²) in [5.74, 6) is 0.233. The van der Waals surface area contributed by atoms with Gasteiger partial charge in [0, 0.05) is 10.9 Å². The van der Waals surface area contributed by atoms with Crippen molar-refractivity contribution in [2.24, 2.45) is 0 Å². The molecule has 0 spiro atoms. The van der Waals surface area contributed by atoms with E-state index in [0.717, 1.165) is 31.2 Å². The number of para-hydroxylation sites is 1. The van der Waals surface area contributed by atoms with Gasteiger partial charge < -0.3 is 5.32 Å². The number of fused-ring (bicyclic) bond motifs is 2. The maximum absolute atomic E-state index is 12.4. The third-order valence-electron chi connectivity index (χ3n) is 4.42. The van der Waals surface area contributed by atoms with E-state index in [1.165, 1.54) is 28.5 Å². The van der Waals surface area contributed by atoms with E-state index in [2.05, 4.69) is 39.6 Å². The Hall–Kier alpha value is -2.74. The Morgan fingerprint density at radius 3 is 2.72 bits per heavy atom. The molecule has 1 amide bonds. The van der Waals surface area contributed by atoms with Crippen LogP contribution in [0.25, 0.3) is 32.2 Å². The number of carbonyl (C=O) groups is 1. The van der Waals surface area contributed by atoms with Crippen LogP contribution in [-0.2, 0) is 4.79 Å². The first kappa shape index (κ1) is 18.3. The average molecular weight is 434 g/mol. The van der Waals surface area contributed by atoms with E-state index < -0.39 is 0 Å². The molecule has 7 heteroatoms. The van der Waals surface area contributed by atoms with E-state index >= 15 is 0 Å². The molecule has 0 atom stereocenters. The summed E-state index contributed by atoms with van der Waals surface area (Å²) in [6, 6.07) is 22.4. The third kappa shape index (κ3) is 3.89. The fourth-order valence-corrected chi connectivity index (χ4v) is 5.69. The van der Waals surface area contributed by atoms with Gasteiger partial charge in [-0.2, -0.15) is 0 Å². The molecule has 0 bridgehead atoms. The maximum atomic E-state index is 12.4. The minimum atomic E-state index is -0.0759. The van der Waals surface area contributed by atoms with Crippen LogP contribution in [0.4, 0.5) is 5.13 Å². The maximum Gasteiger partial charge on any atom is 0.236 e. The summed E-state index contributed by atoms with van der Waals surface area (Å²) in [6.45, 7) is 0. The van der Waals surface area contributed by atoms with E-state index in [-0.39, 0.29) is 5.91 Å². The van der Waals surface area contributed by atoms with Crippen LogP contribution in [0.3, 0.4) is 0 Å². The van der Waals surface area contributed by atoms with Crippen molar-refractivity contribution in [2.75, 3.05) is 11.1 Å². The zero-order chi connectivity index (χ0) is 19.6. The molecular weight excluding hydrogens is 418 g/mol. The molecule has 1 N–H and O–H groups in total. The zero-order valence-corrected chi connectivity index (χ0v) is 17.6. The lowest BCUT2D eigenvalue weighted by molar-refractivity contribution is -0.113. The highest BCUT2D eigenvalue weighted by Gasteiger charge is 2.12. The molecule has 29 heavy (non-hydrogen) atoms. The molecule has 5 rings (SSSR count). The summed E-state index contributed by atoms with van der Waals surface area (Å²) in [4.78, 5) is 21.5. The minimum absolute atomic E-state index is 0.0759. The minimum Gasteiger partial charge on any atom is -0.301 e. The van der Waals surface area contributed by atoms with Crippen molar-refractivity contribution in [3.8, 4) is 11.3 Å². The molecule has 0 saturated heterocycles. The number of thioether (sulfide) groups is 1. The van der Waals surface area contributed by atoms with Crippen LogP contribution in [-0.4, -0.2) is 21.6 Å². The first-order chi connectivity index (χ1) is 14.3. The average Bonchev–Trinajstić information content (AvgIpc) is 3.38. The summed E-state index contributed by atoms with van der Waals surface area (Å²) < 4.78 is 2.03. The van der Waals surface area contributed by atoms with Crippen molar-refractivity contribution < 1.29 is 4.79 Å². The van der Waals surface area contributed by atoms with Crippen LogP contribution in [0.15, 0.2) is 76.4 Å². The Kier molecular flexibility index (Phi) is 5.01. The molecule has 0 aliphatic rings. The largest absolute Gasteiger partial charge is 0.301 e. The van der Waals surface area contributed by atoms with Gasteiger partial charge in [0.2, 0.25) is 5.91 Å². The highest BCUT2D eigenvalue weighted by molar-refractivity contribution is 8.01. The van der Waals surface area contributed by atoms with E-state index in [1.54, 1.807) is 11.3 Å². The Bertz CT molecular complexity index is 1290. The number of carbonyl (C=O) groups excluding carboxylic acids is 1. The van der Waals surface area contributed by atoms with Crippen molar-refractivity contribution in [2.45, 2.75) is 4.34 Å². The van der Waals surface area contributed by atoms with Gasteiger partial charge in [0.15, 0.2) is 9.47 Å². The van der Waals surface area contributed by atoms with Gasteiger partial charge in [-0.05, 0) is 22.9 Å². The number of thiazole rings is 2. The van der Waals surface area contributed by atoms with Crippen molar-refractivity contribution in [3.63, 3.8) is 0 Å². The molecule has 4 nitrogen and oxygen atoms in total. The standard InChI is InChI=1S/C22H15N3OS3/c26-20(13-28-22-24-17-10-3-4-11-19(17)29-22)25-21-23-18(12-27-21)16-9-5-7-14-6-1-2-8-15(14)16/h1-12H,13H2,(H,23,25,26). The number of rotatable bonds is 5. The molecule has 0 aliphatic heterocycles. The molecule has 142 valence electrons. The number of benzene rings is 3. The highest BCUT2D eigenvalue weighted by atomic mass is 32.2. The van der Waals surface area contributed by atoms with Gasteiger partial charge in [-0.25, -0.2) is 9.97 Å². The summed E-state index contributed by atoms with van der Waals surface area (Å²) >= 11 is 4.50. The predicted molar refractivity (Wildman–Crippen MR) is 124 cm³/mol. The zero-order valence-electron chi connectivity index (χ0n) is 15.2. The topological polar surface area (TPSA) is 54.9 Å². The van der Waals surface area contributed by atoms with E-state index in [1.807, 2.05) is 47.8 Å². The number of amides is 1. The summed E-state index contributed by atoms with van der Waals surface area (Å²) in [5, 5.41) is 7.84. The number of nitrogens with one attached hydrogen (secondary N) is 1. The lowest BCUT2D eigenvalue weighted by Crippen LogP contribution is -2.13. The van der Waals surface area contributed by atoms with Crippen LogP contribution < -0.4 is 5.32 Å². The first-order valence-corrected chi connectivity index (χ1v) is 11.7. The monoisotopic (exact) mass is 433 g/mol. The van der Waals surface area contributed by atoms with Crippen LogP contribution in [0, 0.1) is 0 Å². The summed E-state index contributed by atoms with van der Waals surface area (Å²) in [6.07, 6.45) is 0. The Balaban J connectivity index is 1.27. The lowest BCUT2D eigenvalue weighted by atomic mass is 10.0. The van der Waals surface area contributed by atoms with E-state index in [9.17, 15) is 4.79 Å². The molecule has 2 heterocycles. The van der Waals surface area contributed by atoms with Gasteiger partial charge in [-0.3, -0.25) is 4.79 Å². The second-order valence-corrected chi connectivity index (χ2v) is 9.46. The van der Waals surface area contributed by atoms with Crippen LogP contribution >= 0.6 is 34.4 Å². The van der Waals surface area contributed by atoms with Gasteiger partial charge >= 0.3 is 0 Å². The quantitative estimate of drug-likeness (QED) is 0.330. The summed E-state index contributed by atoms with van der Waals surface area (Å²) in [5.41, 5.74) is 2.92. The molecule has 0 fully saturated rings. The van der Waals surface area contributed by atoms with Crippen molar-refractivity contribution >= 4 is 66.5 Å². The Morgan fingerprint density at radius 2 is 1.79 bits per heavy atom. The molecule has 3 aromatic carbocycles. The Labute approximate surface area is 179 Å². The molecular formula is C22H15N3OS3. The number of nitrogens with zero attached hydrogens (tertiary/aromatic N) is 2. The molecule has 0 aliphatic carbocycles. The second-order valence-electron chi connectivity index (χ2n) is 6.35. The number of anilines is 1. The highest BCUT2D eigenvalue weighted by Crippen LogP contribution is 2.32. The van der Waals surface area contributed by atoms with Crippen LogP contribution in [0.5, 0.6) is 0 Å². The van der Waals surface area contributed by atoms with Crippen molar-refractivity contribution in [3.05, 3.63) is 72.1 Å². The molecule has 0 radical (unpaired) electrons. The van der Waals surface area contributed by atoms with Gasteiger partial charge in [-0.15, -0.1) is 22.7 Å². The van der Waals surface area contributed by atoms with Crippen molar-refractivity contribution in [1.82, 2.24) is 9.97 Å². The van der Waals surface area contributed by atoms with E-state index in [4.69, 9.17) is 0 Å². The number of aromatic nitrogens is 2. The van der Waals surface area contributed by atoms with Crippen molar-refractivity contribution in [1.29, 1.82) is 0 Å². The Morgan fingerprint density at radius 1 is 0.966 bits per heavy atom.